The second-order valence-corrected chi connectivity index (χ2v) is 8.54. The fraction of sp³-hybridized carbons (Fsp3) is 0.429. The van der Waals surface area contributed by atoms with Crippen LogP contribution in [0.4, 0.5) is 8.78 Å². The van der Waals surface area contributed by atoms with Crippen LogP contribution in [0, 0.1) is 11.7 Å². The Kier molecular flexibility index (Phi) is 6.68. The maximum atomic E-state index is 15.0. The van der Waals surface area contributed by atoms with E-state index >= 15 is 4.39 Å². The number of Topliss-reactive ketones (excluding diaryl/α,β-unsaturated/α-hetero) is 1. The van der Waals surface area contributed by atoms with Gasteiger partial charge in [-0.05, 0) is 17.7 Å². The van der Waals surface area contributed by atoms with Crippen molar-refractivity contribution < 1.29 is 27.8 Å². The summed E-state index contributed by atoms with van der Waals surface area (Å²) < 4.78 is 43.0. The molecule has 2 aromatic rings. The molecule has 170 valence electrons. The second-order valence-electron chi connectivity index (χ2n) is 7.50. The molecule has 0 aliphatic carbocycles. The second kappa shape index (κ2) is 9.47. The van der Waals surface area contributed by atoms with Gasteiger partial charge in [-0.2, -0.15) is 0 Å². The molecule has 2 aliphatic rings. The van der Waals surface area contributed by atoms with Crippen molar-refractivity contribution in [1.29, 1.82) is 0 Å². The van der Waals surface area contributed by atoms with Crippen molar-refractivity contribution in [2.75, 3.05) is 32.9 Å². The summed E-state index contributed by atoms with van der Waals surface area (Å²) in [4.78, 5) is 25.1. The Labute approximate surface area is 187 Å². The van der Waals surface area contributed by atoms with Crippen molar-refractivity contribution in [3.8, 4) is 5.88 Å². The number of fused-ring (bicyclic) bond motifs is 1. The molecular weight excluding hydrogens is 442 g/mol. The number of nitrogens with zero attached hydrogens (tertiary/aromatic N) is 3. The lowest BCUT2D eigenvalue weighted by Gasteiger charge is -2.36. The summed E-state index contributed by atoms with van der Waals surface area (Å²) in [5.74, 6) is -0.291. The maximum absolute atomic E-state index is 15.0. The van der Waals surface area contributed by atoms with Crippen molar-refractivity contribution in [1.82, 2.24) is 9.97 Å². The lowest BCUT2D eigenvalue weighted by molar-refractivity contribution is 0.0240. The molecule has 2 aliphatic heterocycles. The fourth-order valence-electron chi connectivity index (χ4n) is 4.08. The number of hydrogen-bond acceptors (Lipinski definition) is 9. The molecule has 0 bridgehead atoms. The highest BCUT2D eigenvalue weighted by molar-refractivity contribution is 8.13. The number of ether oxygens (including phenoxy) is 3. The van der Waals surface area contributed by atoms with Gasteiger partial charge in [-0.1, -0.05) is 17.8 Å². The third kappa shape index (κ3) is 4.32. The molecule has 1 aromatic carbocycles. The summed E-state index contributed by atoms with van der Waals surface area (Å²) in [6.07, 6.45) is 2.13. The number of carbonyl (C=O) groups excluding carboxylic acids is 1. The van der Waals surface area contributed by atoms with E-state index in [4.69, 9.17) is 15.2 Å². The van der Waals surface area contributed by atoms with Crippen molar-refractivity contribution in [3.05, 3.63) is 53.2 Å². The molecule has 4 rings (SSSR count). The van der Waals surface area contributed by atoms with Crippen LogP contribution in [0.2, 0.25) is 0 Å². The van der Waals surface area contributed by atoms with Gasteiger partial charge in [0.2, 0.25) is 12.7 Å². The predicted molar refractivity (Wildman–Crippen MR) is 114 cm³/mol. The van der Waals surface area contributed by atoms with Crippen LogP contribution in [0.3, 0.4) is 0 Å². The molecule has 32 heavy (non-hydrogen) atoms. The monoisotopic (exact) mass is 464 g/mol. The van der Waals surface area contributed by atoms with Gasteiger partial charge in [-0.15, -0.1) is 0 Å². The van der Waals surface area contributed by atoms with E-state index in [-0.39, 0.29) is 42.4 Å². The smallest absolute Gasteiger partial charge is 0.234 e. The Morgan fingerprint density at radius 1 is 1.38 bits per heavy atom. The van der Waals surface area contributed by atoms with E-state index in [2.05, 4.69) is 19.7 Å². The van der Waals surface area contributed by atoms with Gasteiger partial charge in [0.25, 0.3) is 0 Å². The Morgan fingerprint density at radius 2 is 2.22 bits per heavy atom. The minimum absolute atomic E-state index is 0.0178. The zero-order valence-electron chi connectivity index (χ0n) is 17.3. The van der Waals surface area contributed by atoms with Gasteiger partial charge in [-0.25, -0.2) is 23.7 Å². The first-order valence-electron chi connectivity index (χ1n) is 9.88. The number of thioether (sulfide) groups is 1. The number of benzene rings is 1. The van der Waals surface area contributed by atoms with E-state index in [1.165, 1.54) is 30.2 Å². The number of amidine groups is 1. The SMILES string of the molecule is COC[C@H]1OC[C@]2(c3cc(CC(=O)c4cnc(OCF)cn4)ccc3F)N=C(N)SC[C@H]12. The van der Waals surface area contributed by atoms with Crippen molar-refractivity contribution in [2.45, 2.75) is 18.1 Å². The van der Waals surface area contributed by atoms with Gasteiger partial charge in [0.15, 0.2) is 11.0 Å². The van der Waals surface area contributed by atoms with E-state index in [9.17, 15) is 9.18 Å². The molecule has 0 saturated carbocycles. The Morgan fingerprint density at radius 3 is 2.94 bits per heavy atom. The third-order valence-electron chi connectivity index (χ3n) is 5.61. The summed E-state index contributed by atoms with van der Waals surface area (Å²) in [6.45, 7) is -0.505. The number of ketones is 1. The molecule has 3 heterocycles. The highest BCUT2D eigenvalue weighted by Crippen LogP contribution is 2.48. The molecule has 0 amide bonds. The third-order valence-corrected chi connectivity index (χ3v) is 6.52. The highest BCUT2D eigenvalue weighted by Gasteiger charge is 2.54. The maximum Gasteiger partial charge on any atom is 0.234 e. The van der Waals surface area contributed by atoms with Crippen LogP contribution in [0.25, 0.3) is 0 Å². The van der Waals surface area contributed by atoms with Crippen molar-refractivity contribution in [3.63, 3.8) is 0 Å². The quantitative estimate of drug-likeness (QED) is 0.593. The Balaban J connectivity index is 1.62. The number of rotatable bonds is 8. The number of carbonyl (C=O) groups is 1. The van der Waals surface area contributed by atoms with Crippen LogP contribution in [0.1, 0.15) is 21.6 Å². The van der Waals surface area contributed by atoms with E-state index in [1.807, 2.05) is 0 Å². The van der Waals surface area contributed by atoms with Gasteiger partial charge in [0.05, 0.1) is 31.7 Å². The first kappa shape index (κ1) is 22.6. The molecule has 0 spiro atoms. The van der Waals surface area contributed by atoms with E-state index in [0.29, 0.717) is 28.7 Å². The molecule has 0 unspecified atom stereocenters. The summed E-state index contributed by atoms with van der Waals surface area (Å²) >= 11 is 1.41. The topological polar surface area (TPSA) is 109 Å². The predicted octanol–water partition coefficient (Wildman–Crippen LogP) is 2.27. The number of aromatic nitrogens is 2. The van der Waals surface area contributed by atoms with Crippen LogP contribution in [-0.4, -0.2) is 60.0 Å². The molecule has 1 aromatic heterocycles. The van der Waals surface area contributed by atoms with Crippen molar-refractivity contribution >= 4 is 22.7 Å². The molecular formula is C21H22F2N4O4S. The molecule has 1 fully saturated rings. The summed E-state index contributed by atoms with van der Waals surface area (Å²) in [5, 5.41) is 0.370. The molecule has 2 N–H and O–H groups in total. The normalized spacial score (nSPS) is 24.7. The summed E-state index contributed by atoms with van der Waals surface area (Å²) in [6, 6.07) is 4.51. The van der Waals surface area contributed by atoms with Crippen LogP contribution >= 0.6 is 11.8 Å². The van der Waals surface area contributed by atoms with Gasteiger partial charge in [0.1, 0.15) is 17.1 Å². The zero-order chi connectivity index (χ0) is 22.7. The zero-order valence-corrected chi connectivity index (χ0v) is 18.1. The van der Waals surface area contributed by atoms with Crippen LogP contribution < -0.4 is 10.5 Å². The minimum atomic E-state index is -1.04. The first-order valence-corrected chi connectivity index (χ1v) is 10.9. The number of methoxy groups -OCH3 is 1. The largest absolute Gasteiger partial charge is 0.445 e. The van der Waals surface area contributed by atoms with Crippen LogP contribution in [0.15, 0.2) is 35.6 Å². The van der Waals surface area contributed by atoms with E-state index < -0.39 is 18.2 Å². The van der Waals surface area contributed by atoms with Crippen LogP contribution in [0.5, 0.6) is 5.88 Å². The molecule has 8 nitrogen and oxygen atoms in total. The average Bonchev–Trinajstić information content (AvgIpc) is 3.14. The van der Waals surface area contributed by atoms with Gasteiger partial charge in [0, 0.05) is 30.8 Å². The fourth-order valence-corrected chi connectivity index (χ4v) is 5.14. The number of halogens is 2. The lowest BCUT2D eigenvalue weighted by atomic mass is 9.78. The minimum Gasteiger partial charge on any atom is -0.445 e. The Bertz CT molecular complexity index is 1020. The van der Waals surface area contributed by atoms with Crippen molar-refractivity contribution in [2.24, 2.45) is 16.6 Å². The number of aliphatic imine (C=N–C) groups is 1. The number of hydrogen-bond donors (Lipinski definition) is 1. The first-order chi connectivity index (χ1) is 15.5. The average molecular weight is 464 g/mol. The highest BCUT2D eigenvalue weighted by atomic mass is 32.2. The lowest BCUT2D eigenvalue weighted by Crippen LogP contribution is -2.43. The Hall–Kier alpha value is -2.63. The summed E-state index contributed by atoms with van der Waals surface area (Å²) in [5.41, 5.74) is 6.06. The summed E-state index contributed by atoms with van der Waals surface area (Å²) in [7, 11) is 1.59. The molecule has 1 saturated heterocycles. The standard InChI is InChI=1S/C21H22F2N4O4S/c1-29-8-18-14-9-32-20(24)27-21(14,10-30-18)13-4-12(2-3-15(13)23)5-17(28)16-6-26-19(7-25-16)31-11-22/h2-4,6-7,14,18H,5,8-11H2,1H3,(H2,24,27)/t14-,18-,21-/m1/s1. The van der Waals surface area contributed by atoms with Gasteiger partial charge < -0.3 is 19.9 Å². The van der Waals surface area contributed by atoms with E-state index in [0.717, 1.165) is 0 Å². The van der Waals surface area contributed by atoms with Gasteiger partial charge in [-0.3, -0.25) is 4.79 Å². The van der Waals surface area contributed by atoms with Crippen LogP contribution in [-0.2, 0) is 21.4 Å². The number of alkyl halides is 1. The number of nitrogens with two attached hydrogens (primary N) is 1. The van der Waals surface area contributed by atoms with Gasteiger partial charge >= 0.3 is 0 Å². The molecule has 0 radical (unpaired) electrons. The molecule has 3 atom stereocenters. The molecule has 11 heteroatoms. The van der Waals surface area contributed by atoms with E-state index in [1.54, 1.807) is 19.2 Å².